The number of hydrogen-bond donors (Lipinski definition) is 0. The summed E-state index contributed by atoms with van der Waals surface area (Å²) in [4.78, 5) is 13.0. The molecule has 0 radical (unpaired) electrons. The minimum absolute atomic E-state index is 0.0385. The molecular formula is C21H34O3Si. The first kappa shape index (κ1) is 19.1. The van der Waals surface area contributed by atoms with Crippen molar-refractivity contribution in [1.82, 2.24) is 0 Å². The van der Waals surface area contributed by atoms with Crippen LogP contribution >= 0.6 is 0 Å². The molecule has 140 valence electrons. The molecule has 3 nitrogen and oxygen atoms in total. The van der Waals surface area contributed by atoms with Crippen LogP contribution in [0, 0.1) is 11.8 Å². The van der Waals surface area contributed by atoms with Gasteiger partial charge >= 0.3 is 0 Å². The summed E-state index contributed by atoms with van der Waals surface area (Å²) < 4.78 is 13.3. The smallest absolute Gasteiger partial charge is 0.192 e. The fraction of sp³-hybridized carbons (Fsp3) is 0.762. The topological polar surface area (TPSA) is 35.5 Å². The van der Waals surface area contributed by atoms with Gasteiger partial charge in [0.15, 0.2) is 8.32 Å². The molecule has 1 spiro atoms. The quantitative estimate of drug-likeness (QED) is 0.508. The average Bonchev–Trinajstić information content (AvgIpc) is 2.79. The van der Waals surface area contributed by atoms with Crippen LogP contribution in [0.1, 0.15) is 52.9 Å². The van der Waals surface area contributed by atoms with Crippen molar-refractivity contribution in [3.05, 3.63) is 24.8 Å². The highest BCUT2D eigenvalue weighted by molar-refractivity contribution is 6.74. The van der Waals surface area contributed by atoms with E-state index in [9.17, 15) is 4.79 Å². The zero-order valence-electron chi connectivity index (χ0n) is 16.6. The lowest BCUT2D eigenvalue weighted by atomic mass is 9.69. The Bertz CT molecular complexity index is 588. The zero-order chi connectivity index (χ0) is 18.5. The first-order valence-electron chi connectivity index (χ1n) is 9.70. The van der Waals surface area contributed by atoms with Crippen molar-refractivity contribution in [2.24, 2.45) is 11.8 Å². The molecule has 4 heteroatoms. The van der Waals surface area contributed by atoms with Crippen LogP contribution in [0.4, 0.5) is 0 Å². The minimum Gasteiger partial charge on any atom is -0.414 e. The van der Waals surface area contributed by atoms with Gasteiger partial charge in [0.25, 0.3) is 0 Å². The molecule has 2 bridgehead atoms. The first-order chi connectivity index (χ1) is 11.6. The van der Waals surface area contributed by atoms with Gasteiger partial charge in [-0.15, -0.1) is 6.58 Å². The van der Waals surface area contributed by atoms with Gasteiger partial charge in [0.1, 0.15) is 5.78 Å². The monoisotopic (exact) mass is 362 g/mol. The Balaban J connectivity index is 1.86. The summed E-state index contributed by atoms with van der Waals surface area (Å²) in [6.45, 7) is 15.7. The molecule has 0 N–H and O–H groups in total. The molecule has 3 aliphatic rings. The van der Waals surface area contributed by atoms with Crippen molar-refractivity contribution in [3.63, 3.8) is 0 Å². The molecular weight excluding hydrogens is 328 g/mol. The second kappa shape index (κ2) is 6.17. The normalized spacial score (nSPS) is 37.9. The standard InChI is InChI=1S/C21H34O3Si/c1-7-10-17-18(22)14-20(15-23-25(5,6)19(2,3)4)13-16-11-8-9-12-21(16,17)24-20/h7-8,11,16-17H,1,9-10,12-15H2,2-6H3/t16-,17+,20+,21-/m0/s1. The Kier molecular flexibility index (Phi) is 4.71. The van der Waals surface area contributed by atoms with E-state index in [1.807, 2.05) is 6.08 Å². The molecule has 0 unspecified atom stereocenters. The Morgan fingerprint density at radius 2 is 2.16 bits per heavy atom. The van der Waals surface area contributed by atoms with Crippen molar-refractivity contribution in [2.45, 2.75) is 82.2 Å². The Morgan fingerprint density at radius 3 is 2.80 bits per heavy atom. The number of fused-ring (bicyclic) bond motifs is 1. The molecule has 2 saturated heterocycles. The SMILES string of the molecule is C=CC[C@@H]1C(=O)C[C@@]2(CO[Si](C)(C)C(C)(C)C)C[C@@H]3C=CCC[C@@]13O2. The number of allylic oxidation sites excluding steroid dienone is 2. The van der Waals surface area contributed by atoms with Gasteiger partial charge in [0, 0.05) is 12.3 Å². The molecule has 25 heavy (non-hydrogen) atoms. The van der Waals surface area contributed by atoms with E-state index < -0.39 is 13.9 Å². The fourth-order valence-electron chi connectivity index (χ4n) is 4.62. The second-order valence-corrected chi connectivity index (χ2v) is 14.6. The van der Waals surface area contributed by atoms with Crippen LogP contribution in [0.15, 0.2) is 24.8 Å². The second-order valence-electron chi connectivity index (χ2n) is 9.79. The molecule has 1 aliphatic carbocycles. The van der Waals surface area contributed by atoms with E-state index in [4.69, 9.17) is 9.16 Å². The van der Waals surface area contributed by atoms with Crippen molar-refractivity contribution in [1.29, 1.82) is 0 Å². The highest BCUT2D eigenvalue weighted by atomic mass is 28.4. The van der Waals surface area contributed by atoms with Crippen LogP contribution in [0.2, 0.25) is 18.1 Å². The molecule has 0 aromatic carbocycles. The van der Waals surface area contributed by atoms with Gasteiger partial charge in [0.05, 0.1) is 23.7 Å². The van der Waals surface area contributed by atoms with Crippen LogP contribution in [0.3, 0.4) is 0 Å². The van der Waals surface area contributed by atoms with Gasteiger partial charge in [0.2, 0.25) is 0 Å². The summed E-state index contributed by atoms with van der Waals surface area (Å²) >= 11 is 0. The molecule has 2 aliphatic heterocycles. The number of rotatable bonds is 5. The number of ether oxygens (including phenoxy) is 1. The number of carbonyl (C=O) groups is 1. The lowest BCUT2D eigenvalue weighted by molar-refractivity contribution is -0.192. The number of hydrogen-bond acceptors (Lipinski definition) is 3. The number of ketones is 1. The third kappa shape index (κ3) is 3.11. The first-order valence-corrected chi connectivity index (χ1v) is 12.6. The summed E-state index contributed by atoms with van der Waals surface area (Å²) in [5.74, 6) is 0.645. The van der Waals surface area contributed by atoms with E-state index in [2.05, 4.69) is 52.6 Å². The van der Waals surface area contributed by atoms with Crippen LogP contribution in [-0.2, 0) is 14.0 Å². The van der Waals surface area contributed by atoms with Gasteiger partial charge in [-0.25, -0.2) is 0 Å². The zero-order valence-corrected chi connectivity index (χ0v) is 17.6. The third-order valence-corrected chi connectivity index (χ3v) is 11.6. The highest BCUT2D eigenvalue weighted by Crippen LogP contribution is 2.58. The summed E-state index contributed by atoms with van der Waals surface area (Å²) in [5, 5.41) is 0.163. The summed E-state index contributed by atoms with van der Waals surface area (Å²) in [6, 6.07) is 0. The fourth-order valence-corrected chi connectivity index (χ4v) is 5.68. The van der Waals surface area contributed by atoms with Crippen molar-refractivity contribution >= 4 is 14.1 Å². The average molecular weight is 363 g/mol. The van der Waals surface area contributed by atoms with E-state index in [1.165, 1.54) is 0 Å². The molecule has 0 aromatic heterocycles. The van der Waals surface area contributed by atoms with Gasteiger partial charge < -0.3 is 9.16 Å². The molecule has 4 atom stereocenters. The predicted octanol–water partition coefficient (Wildman–Crippen LogP) is 5.04. The van der Waals surface area contributed by atoms with Crippen LogP contribution in [0.5, 0.6) is 0 Å². The van der Waals surface area contributed by atoms with E-state index >= 15 is 0 Å². The van der Waals surface area contributed by atoms with Gasteiger partial charge in [-0.1, -0.05) is 39.0 Å². The Hall–Kier alpha value is -0.713. The largest absolute Gasteiger partial charge is 0.414 e. The maximum atomic E-state index is 13.0. The number of carbonyl (C=O) groups excluding carboxylic acids is 1. The van der Waals surface area contributed by atoms with E-state index in [1.54, 1.807) is 0 Å². The van der Waals surface area contributed by atoms with E-state index in [0.29, 0.717) is 24.7 Å². The van der Waals surface area contributed by atoms with Crippen LogP contribution < -0.4 is 0 Å². The molecule has 0 aromatic rings. The van der Waals surface area contributed by atoms with Crippen molar-refractivity contribution in [2.75, 3.05) is 6.61 Å². The highest BCUT2D eigenvalue weighted by Gasteiger charge is 2.64. The van der Waals surface area contributed by atoms with Gasteiger partial charge in [-0.3, -0.25) is 4.79 Å². The number of Topliss-reactive ketones (excluding diaryl/α,β-unsaturated/α-hetero) is 1. The summed E-state index contributed by atoms with van der Waals surface area (Å²) in [5.41, 5.74) is -0.751. The minimum atomic E-state index is -1.86. The maximum absolute atomic E-state index is 13.0. The predicted molar refractivity (Wildman–Crippen MR) is 104 cm³/mol. The lowest BCUT2D eigenvalue weighted by Crippen LogP contribution is -2.56. The summed E-state index contributed by atoms with van der Waals surface area (Å²) in [7, 11) is -1.86. The Morgan fingerprint density at radius 1 is 1.44 bits per heavy atom. The van der Waals surface area contributed by atoms with Gasteiger partial charge in [-0.05, 0) is 43.8 Å². The molecule has 3 rings (SSSR count). The Labute approximate surface area is 154 Å². The van der Waals surface area contributed by atoms with Crippen molar-refractivity contribution < 1.29 is 14.0 Å². The molecule has 2 fully saturated rings. The summed E-state index contributed by atoms with van der Waals surface area (Å²) in [6.07, 6.45) is 10.5. The lowest BCUT2D eigenvalue weighted by Gasteiger charge is -2.47. The van der Waals surface area contributed by atoms with Gasteiger partial charge in [-0.2, -0.15) is 0 Å². The third-order valence-electron chi connectivity index (χ3n) is 7.08. The van der Waals surface area contributed by atoms with Crippen LogP contribution in [-0.4, -0.2) is 31.9 Å². The molecule has 0 amide bonds. The maximum Gasteiger partial charge on any atom is 0.192 e. The van der Waals surface area contributed by atoms with E-state index in [-0.39, 0.29) is 16.6 Å². The van der Waals surface area contributed by atoms with E-state index in [0.717, 1.165) is 25.7 Å². The van der Waals surface area contributed by atoms with Crippen LogP contribution in [0.25, 0.3) is 0 Å². The molecule has 0 saturated carbocycles. The van der Waals surface area contributed by atoms with Crippen molar-refractivity contribution in [3.8, 4) is 0 Å². The molecule has 2 heterocycles.